The molecule has 1 heterocycles. The SMILES string of the molecule is Cc1c(CC(=O)O)ncc(C(F)F)c1I. The van der Waals surface area contributed by atoms with Gasteiger partial charge in [0, 0.05) is 15.3 Å². The highest BCUT2D eigenvalue weighted by Crippen LogP contribution is 2.27. The van der Waals surface area contributed by atoms with Crippen LogP contribution in [-0.2, 0) is 11.2 Å². The minimum atomic E-state index is -2.58. The summed E-state index contributed by atoms with van der Waals surface area (Å²) in [6.45, 7) is 1.60. The molecule has 0 atom stereocenters. The summed E-state index contributed by atoms with van der Waals surface area (Å²) in [6, 6.07) is 0. The topological polar surface area (TPSA) is 50.2 Å². The van der Waals surface area contributed by atoms with Crippen LogP contribution in [0.2, 0.25) is 0 Å². The van der Waals surface area contributed by atoms with Crippen LogP contribution in [0.15, 0.2) is 6.20 Å². The Hall–Kier alpha value is -0.790. The van der Waals surface area contributed by atoms with Gasteiger partial charge >= 0.3 is 5.97 Å². The van der Waals surface area contributed by atoms with E-state index in [-0.39, 0.29) is 12.0 Å². The van der Waals surface area contributed by atoms with Crippen LogP contribution in [0.25, 0.3) is 0 Å². The molecule has 15 heavy (non-hydrogen) atoms. The standard InChI is InChI=1S/C9H8F2INO2/c1-4-6(2-7(14)15)13-3-5(8(4)12)9(10)11/h3,9H,2H2,1H3,(H,14,15). The van der Waals surface area contributed by atoms with Crippen molar-refractivity contribution >= 4 is 28.6 Å². The van der Waals surface area contributed by atoms with Crippen LogP contribution in [0, 0.1) is 10.5 Å². The Morgan fingerprint density at radius 1 is 1.67 bits per heavy atom. The van der Waals surface area contributed by atoms with Crippen molar-refractivity contribution in [1.29, 1.82) is 0 Å². The number of aromatic nitrogens is 1. The molecule has 0 aromatic carbocycles. The number of hydrogen-bond donors (Lipinski definition) is 1. The first kappa shape index (κ1) is 12.3. The maximum absolute atomic E-state index is 12.4. The molecule has 0 saturated heterocycles. The number of carboxylic acid groups (broad SMARTS) is 1. The average molecular weight is 327 g/mol. The van der Waals surface area contributed by atoms with Gasteiger partial charge in [0.15, 0.2) is 0 Å². The number of alkyl halides is 2. The second-order valence-corrected chi connectivity index (χ2v) is 4.05. The van der Waals surface area contributed by atoms with Gasteiger partial charge in [-0.2, -0.15) is 0 Å². The van der Waals surface area contributed by atoms with Crippen LogP contribution in [0.5, 0.6) is 0 Å². The maximum Gasteiger partial charge on any atom is 0.309 e. The van der Waals surface area contributed by atoms with Crippen molar-refractivity contribution in [1.82, 2.24) is 4.98 Å². The fourth-order valence-corrected chi connectivity index (χ4v) is 1.80. The van der Waals surface area contributed by atoms with E-state index in [2.05, 4.69) is 4.98 Å². The largest absolute Gasteiger partial charge is 0.481 e. The third kappa shape index (κ3) is 2.83. The maximum atomic E-state index is 12.4. The first-order chi connectivity index (χ1) is 6.93. The van der Waals surface area contributed by atoms with Crippen LogP contribution >= 0.6 is 22.6 Å². The highest BCUT2D eigenvalue weighted by molar-refractivity contribution is 14.1. The minimum absolute atomic E-state index is 0.151. The molecule has 0 unspecified atom stereocenters. The van der Waals surface area contributed by atoms with Gasteiger partial charge in [-0.3, -0.25) is 9.78 Å². The molecule has 1 aromatic rings. The van der Waals surface area contributed by atoms with Gasteiger partial charge < -0.3 is 5.11 Å². The lowest BCUT2D eigenvalue weighted by Crippen LogP contribution is -2.07. The lowest BCUT2D eigenvalue weighted by molar-refractivity contribution is -0.136. The van der Waals surface area contributed by atoms with E-state index in [9.17, 15) is 13.6 Å². The second kappa shape index (κ2) is 4.82. The van der Waals surface area contributed by atoms with E-state index in [1.54, 1.807) is 29.5 Å². The molecule has 0 amide bonds. The molecular formula is C9H8F2INO2. The fraction of sp³-hybridized carbons (Fsp3) is 0.333. The molecule has 0 aliphatic heterocycles. The molecule has 6 heteroatoms. The van der Waals surface area contributed by atoms with Crippen molar-refractivity contribution in [2.24, 2.45) is 0 Å². The van der Waals surface area contributed by atoms with Crippen molar-refractivity contribution in [2.75, 3.05) is 0 Å². The van der Waals surface area contributed by atoms with Gasteiger partial charge in [0.25, 0.3) is 6.43 Å². The Kier molecular flexibility index (Phi) is 3.95. The summed E-state index contributed by atoms with van der Waals surface area (Å²) in [5.74, 6) is -1.02. The van der Waals surface area contributed by atoms with Gasteiger partial charge in [-0.05, 0) is 35.1 Å². The highest BCUT2D eigenvalue weighted by Gasteiger charge is 2.17. The second-order valence-electron chi connectivity index (χ2n) is 2.97. The lowest BCUT2D eigenvalue weighted by atomic mass is 10.1. The Morgan fingerprint density at radius 3 is 2.73 bits per heavy atom. The van der Waals surface area contributed by atoms with E-state index in [0.29, 0.717) is 14.8 Å². The molecule has 1 rings (SSSR count). The normalized spacial score (nSPS) is 10.7. The van der Waals surface area contributed by atoms with Crippen molar-refractivity contribution in [2.45, 2.75) is 19.8 Å². The first-order valence-electron chi connectivity index (χ1n) is 4.07. The Morgan fingerprint density at radius 2 is 2.27 bits per heavy atom. The molecule has 0 bridgehead atoms. The van der Waals surface area contributed by atoms with Crippen molar-refractivity contribution < 1.29 is 18.7 Å². The van der Waals surface area contributed by atoms with Gasteiger partial charge in [0.1, 0.15) is 0 Å². The average Bonchev–Trinajstić information content (AvgIpc) is 2.12. The van der Waals surface area contributed by atoms with Crippen LogP contribution < -0.4 is 0 Å². The highest BCUT2D eigenvalue weighted by atomic mass is 127. The zero-order valence-corrected chi connectivity index (χ0v) is 9.96. The van der Waals surface area contributed by atoms with E-state index < -0.39 is 12.4 Å². The first-order valence-corrected chi connectivity index (χ1v) is 5.15. The summed E-state index contributed by atoms with van der Waals surface area (Å²) >= 11 is 1.78. The number of rotatable bonds is 3. The lowest BCUT2D eigenvalue weighted by Gasteiger charge is -2.09. The van der Waals surface area contributed by atoms with E-state index in [1.807, 2.05) is 0 Å². The van der Waals surface area contributed by atoms with Crippen molar-refractivity contribution in [3.05, 3.63) is 26.6 Å². The third-order valence-electron chi connectivity index (χ3n) is 1.93. The smallest absolute Gasteiger partial charge is 0.309 e. The monoisotopic (exact) mass is 327 g/mol. The Bertz CT molecular complexity index is 396. The minimum Gasteiger partial charge on any atom is -0.481 e. The quantitative estimate of drug-likeness (QED) is 0.868. The molecule has 82 valence electrons. The number of aliphatic carboxylic acids is 1. The zero-order valence-electron chi connectivity index (χ0n) is 7.80. The molecule has 1 N–H and O–H groups in total. The van der Waals surface area contributed by atoms with E-state index in [0.717, 1.165) is 6.20 Å². The Labute approximate surface area is 98.7 Å². The molecule has 0 aliphatic rings. The summed E-state index contributed by atoms with van der Waals surface area (Å²) in [5, 5.41) is 8.57. The summed E-state index contributed by atoms with van der Waals surface area (Å²) in [7, 11) is 0. The molecule has 0 fully saturated rings. The van der Waals surface area contributed by atoms with Crippen LogP contribution in [-0.4, -0.2) is 16.1 Å². The van der Waals surface area contributed by atoms with Crippen LogP contribution in [0.3, 0.4) is 0 Å². The zero-order chi connectivity index (χ0) is 11.6. The predicted octanol–water partition coefficient (Wildman–Crippen LogP) is 2.56. The number of nitrogens with zero attached hydrogens (tertiary/aromatic N) is 1. The van der Waals surface area contributed by atoms with E-state index >= 15 is 0 Å². The summed E-state index contributed by atoms with van der Waals surface area (Å²) in [5.41, 5.74) is 0.689. The van der Waals surface area contributed by atoms with Gasteiger partial charge in [0.05, 0.1) is 12.1 Å². The molecule has 0 saturated carbocycles. The summed E-state index contributed by atoms with van der Waals surface area (Å²) in [4.78, 5) is 14.2. The van der Waals surface area contributed by atoms with Gasteiger partial charge in [-0.15, -0.1) is 0 Å². The fourth-order valence-electron chi connectivity index (χ4n) is 1.12. The van der Waals surface area contributed by atoms with Crippen LogP contribution in [0.4, 0.5) is 8.78 Å². The van der Waals surface area contributed by atoms with Crippen molar-refractivity contribution in [3.63, 3.8) is 0 Å². The number of halogens is 3. The number of hydrogen-bond acceptors (Lipinski definition) is 2. The molecule has 0 spiro atoms. The van der Waals surface area contributed by atoms with Crippen LogP contribution in [0.1, 0.15) is 23.2 Å². The summed E-state index contributed by atoms with van der Waals surface area (Å²) < 4.78 is 25.3. The molecular weight excluding hydrogens is 319 g/mol. The van der Waals surface area contributed by atoms with Gasteiger partial charge in [0.2, 0.25) is 0 Å². The van der Waals surface area contributed by atoms with Gasteiger partial charge in [-0.1, -0.05) is 0 Å². The number of carbonyl (C=O) groups is 1. The molecule has 0 radical (unpaired) electrons. The Balaban J connectivity index is 3.15. The predicted molar refractivity (Wildman–Crippen MR) is 58.0 cm³/mol. The van der Waals surface area contributed by atoms with Gasteiger partial charge in [-0.25, -0.2) is 8.78 Å². The van der Waals surface area contributed by atoms with E-state index in [1.165, 1.54) is 0 Å². The number of carboxylic acids is 1. The number of pyridine rings is 1. The summed E-state index contributed by atoms with van der Waals surface area (Å²) in [6.07, 6.45) is -1.79. The van der Waals surface area contributed by atoms with Crippen molar-refractivity contribution in [3.8, 4) is 0 Å². The molecule has 1 aromatic heterocycles. The molecule has 3 nitrogen and oxygen atoms in total. The third-order valence-corrected chi connectivity index (χ3v) is 3.36. The molecule has 0 aliphatic carbocycles. The van der Waals surface area contributed by atoms with E-state index in [4.69, 9.17) is 5.11 Å².